The Morgan fingerprint density at radius 3 is 2.40 bits per heavy atom. The minimum Gasteiger partial charge on any atom is -0.383 e. The number of rotatable bonds is 9. The summed E-state index contributed by atoms with van der Waals surface area (Å²) in [6.45, 7) is 5.37. The number of nitrogens with zero attached hydrogens (tertiary/aromatic N) is 6. The van der Waals surface area contributed by atoms with Crippen LogP contribution in [0, 0.1) is 0 Å². The molecule has 42 heavy (non-hydrogen) atoms. The Balaban J connectivity index is 1.39. The molecular formula is C26H37Cl2N9O4S. The van der Waals surface area contributed by atoms with Gasteiger partial charge in [-0.25, -0.2) is 23.4 Å². The van der Waals surface area contributed by atoms with Crippen LogP contribution in [0.4, 0.5) is 17.5 Å². The number of halogens is 2. The summed E-state index contributed by atoms with van der Waals surface area (Å²) in [5, 5.41) is 2.81. The van der Waals surface area contributed by atoms with E-state index in [0.717, 1.165) is 38.5 Å². The summed E-state index contributed by atoms with van der Waals surface area (Å²) in [4.78, 5) is 44.6. The molecule has 0 unspecified atom stereocenters. The van der Waals surface area contributed by atoms with E-state index in [4.69, 9.17) is 34.7 Å². The standard InChI is InChI=1S/C26H37Cl2N9O4S/c1-3-4-17-15-36(24-21(28)33-20(23(30)34-24)25(38)31-9-14-42(2,40)41)12-13-37(17)16-7-10-35(11-8-16)26(39)18-5-6-19(27)32-22(18)29/h5-6,16-17H,3-4,7-15H2,1-2H3,(H2,29,32)(H2,30,34)(H,31,38)/t17-/m0/s1. The number of anilines is 3. The minimum absolute atomic E-state index is 0.0592. The van der Waals surface area contributed by atoms with E-state index in [2.05, 4.69) is 32.1 Å². The maximum absolute atomic E-state index is 13.1. The monoisotopic (exact) mass is 641 g/mol. The minimum atomic E-state index is -3.23. The van der Waals surface area contributed by atoms with E-state index in [1.165, 1.54) is 0 Å². The highest BCUT2D eigenvalue weighted by molar-refractivity contribution is 7.90. The Hall–Kier alpha value is -2.94. The van der Waals surface area contributed by atoms with Crippen LogP contribution in [-0.2, 0) is 9.84 Å². The number of nitrogens with two attached hydrogens (primary N) is 2. The number of carbonyl (C=O) groups excluding carboxylic acids is 2. The summed E-state index contributed by atoms with van der Waals surface area (Å²) in [7, 11) is -3.23. The molecule has 0 radical (unpaired) electrons. The summed E-state index contributed by atoms with van der Waals surface area (Å²) < 4.78 is 22.7. The molecule has 0 bridgehead atoms. The van der Waals surface area contributed by atoms with Crippen molar-refractivity contribution in [3.8, 4) is 0 Å². The summed E-state index contributed by atoms with van der Waals surface area (Å²) in [5.41, 5.74) is 12.3. The van der Waals surface area contributed by atoms with E-state index in [-0.39, 0.29) is 51.9 Å². The molecule has 5 N–H and O–H groups in total. The molecule has 0 aliphatic carbocycles. The van der Waals surface area contributed by atoms with Gasteiger partial charge in [0.25, 0.3) is 11.8 Å². The van der Waals surface area contributed by atoms with Gasteiger partial charge in [0, 0.05) is 57.6 Å². The number of carbonyl (C=O) groups is 2. The fourth-order valence-electron chi connectivity index (χ4n) is 5.56. The molecule has 16 heteroatoms. The SMILES string of the molecule is CCC[C@H]1CN(c2nc(N)c(C(=O)NCCS(C)(=O)=O)nc2Cl)CCN1C1CCN(C(=O)c2ccc(Cl)nc2N)CC1. The van der Waals surface area contributed by atoms with Gasteiger partial charge in [-0.3, -0.25) is 14.5 Å². The summed E-state index contributed by atoms with van der Waals surface area (Å²) >= 11 is 12.4. The lowest BCUT2D eigenvalue weighted by Crippen LogP contribution is -2.59. The number of hydrogen-bond acceptors (Lipinski definition) is 11. The van der Waals surface area contributed by atoms with Gasteiger partial charge in [0.15, 0.2) is 22.5 Å². The van der Waals surface area contributed by atoms with Crippen LogP contribution >= 0.6 is 23.2 Å². The van der Waals surface area contributed by atoms with Crippen LogP contribution in [0.2, 0.25) is 10.3 Å². The lowest BCUT2D eigenvalue weighted by Gasteiger charge is -2.48. The Bertz CT molecular complexity index is 1420. The Kier molecular flexibility index (Phi) is 10.3. The molecule has 4 heterocycles. The largest absolute Gasteiger partial charge is 0.383 e. The van der Waals surface area contributed by atoms with Crippen LogP contribution in [0.3, 0.4) is 0 Å². The second kappa shape index (κ2) is 13.6. The molecule has 2 aromatic rings. The number of pyridine rings is 1. The molecule has 0 saturated carbocycles. The highest BCUT2D eigenvalue weighted by Crippen LogP contribution is 2.30. The first kappa shape index (κ1) is 32.0. The van der Waals surface area contributed by atoms with E-state index < -0.39 is 15.7 Å². The molecule has 2 aliphatic heterocycles. The summed E-state index contributed by atoms with van der Waals surface area (Å²) in [6, 6.07) is 3.73. The van der Waals surface area contributed by atoms with Crippen molar-refractivity contribution in [2.75, 3.05) is 67.6 Å². The highest BCUT2D eigenvalue weighted by Gasteiger charge is 2.36. The quantitative estimate of drug-likeness (QED) is 0.339. The number of hydrogen-bond donors (Lipinski definition) is 3. The predicted molar refractivity (Wildman–Crippen MR) is 164 cm³/mol. The van der Waals surface area contributed by atoms with Crippen molar-refractivity contribution in [2.45, 2.75) is 44.7 Å². The van der Waals surface area contributed by atoms with Crippen molar-refractivity contribution in [1.29, 1.82) is 0 Å². The number of nitrogen functional groups attached to an aromatic ring is 2. The lowest BCUT2D eigenvalue weighted by molar-refractivity contribution is 0.0481. The van der Waals surface area contributed by atoms with Crippen LogP contribution in [0.25, 0.3) is 0 Å². The number of piperidine rings is 1. The molecule has 1 atom stereocenters. The molecule has 2 fully saturated rings. The number of likely N-dealkylation sites (tertiary alicyclic amines) is 1. The molecule has 0 aromatic carbocycles. The Morgan fingerprint density at radius 1 is 1.05 bits per heavy atom. The maximum atomic E-state index is 13.1. The van der Waals surface area contributed by atoms with Crippen molar-refractivity contribution in [1.82, 2.24) is 30.1 Å². The van der Waals surface area contributed by atoms with Crippen molar-refractivity contribution < 1.29 is 18.0 Å². The third kappa shape index (κ3) is 7.71. The second-order valence-electron chi connectivity index (χ2n) is 10.7. The van der Waals surface area contributed by atoms with Gasteiger partial charge in [0.1, 0.15) is 20.8 Å². The summed E-state index contributed by atoms with van der Waals surface area (Å²) in [6.07, 6.45) is 4.71. The first-order valence-corrected chi connectivity index (χ1v) is 16.7. The van der Waals surface area contributed by atoms with Gasteiger partial charge >= 0.3 is 0 Å². The third-order valence-corrected chi connectivity index (χ3v) is 9.04. The molecule has 230 valence electrons. The number of nitrogens with one attached hydrogen (secondary N) is 1. The first-order valence-electron chi connectivity index (χ1n) is 13.9. The number of amides is 2. The average molecular weight is 643 g/mol. The average Bonchev–Trinajstić information content (AvgIpc) is 2.93. The molecule has 2 aliphatic rings. The molecule has 4 rings (SSSR count). The Labute approximate surface area is 255 Å². The van der Waals surface area contributed by atoms with E-state index in [1.54, 1.807) is 12.1 Å². The van der Waals surface area contributed by atoms with Gasteiger partial charge in [-0.15, -0.1) is 0 Å². The first-order chi connectivity index (χ1) is 19.9. The van der Waals surface area contributed by atoms with Crippen LogP contribution in [-0.4, -0.2) is 108 Å². The van der Waals surface area contributed by atoms with E-state index in [0.29, 0.717) is 43.6 Å². The molecule has 2 amide bonds. The molecule has 13 nitrogen and oxygen atoms in total. The smallest absolute Gasteiger partial charge is 0.273 e. The highest BCUT2D eigenvalue weighted by atomic mass is 35.5. The van der Waals surface area contributed by atoms with Crippen LogP contribution in [0.1, 0.15) is 53.5 Å². The van der Waals surface area contributed by atoms with Gasteiger partial charge in [-0.1, -0.05) is 36.5 Å². The van der Waals surface area contributed by atoms with Gasteiger partial charge in [0.05, 0.1) is 11.3 Å². The number of sulfone groups is 1. The van der Waals surface area contributed by atoms with Gasteiger partial charge < -0.3 is 26.6 Å². The summed E-state index contributed by atoms with van der Waals surface area (Å²) in [5.74, 6) is -0.498. The molecule has 0 spiro atoms. The zero-order valence-electron chi connectivity index (χ0n) is 23.7. The van der Waals surface area contributed by atoms with Crippen LogP contribution in [0.15, 0.2) is 12.1 Å². The van der Waals surface area contributed by atoms with Crippen molar-refractivity contribution in [3.63, 3.8) is 0 Å². The normalized spacial score (nSPS) is 18.7. The number of aromatic nitrogens is 3. The van der Waals surface area contributed by atoms with Crippen LogP contribution < -0.4 is 21.7 Å². The van der Waals surface area contributed by atoms with E-state index in [9.17, 15) is 18.0 Å². The van der Waals surface area contributed by atoms with Crippen molar-refractivity contribution >= 4 is 62.3 Å². The topological polar surface area (TPSA) is 181 Å². The zero-order chi connectivity index (χ0) is 30.6. The molecule has 2 aromatic heterocycles. The maximum Gasteiger partial charge on any atom is 0.273 e. The second-order valence-corrected chi connectivity index (χ2v) is 13.7. The third-order valence-electron chi connectivity index (χ3n) is 7.63. The van der Waals surface area contributed by atoms with Crippen molar-refractivity contribution in [3.05, 3.63) is 33.7 Å². The predicted octanol–water partition coefficient (Wildman–Crippen LogP) is 1.71. The van der Waals surface area contributed by atoms with Gasteiger partial charge in [-0.05, 0) is 31.4 Å². The fraction of sp³-hybridized carbons (Fsp3) is 0.577. The molecular weight excluding hydrogens is 605 g/mol. The molecule has 2 saturated heterocycles. The van der Waals surface area contributed by atoms with E-state index in [1.807, 2.05) is 9.80 Å². The van der Waals surface area contributed by atoms with E-state index >= 15 is 0 Å². The Morgan fingerprint density at radius 2 is 1.76 bits per heavy atom. The van der Waals surface area contributed by atoms with Gasteiger partial charge in [-0.2, -0.15) is 0 Å². The lowest BCUT2D eigenvalue weighted by atomic mass is 9.97. The fourth-order valence-corrected chi connectivity index (χ4v) is 6.43. The zero-order valence-corrected chi connectivity index (χ0v) is 26.1. The number of piperazine rings is 1. The van der Waals surface area contributed by atoms with Crippen molar-refractivity contribution in [2.24, 2.45) is 0 Å². The van der Waals surface area contributed by atoms with Gasteiger partial charge in [0.2, 0.25) is 0 Å². The van der Waals surface area contributed by atoms with Crippen LogP contribution in [0.5, 0.6) is 0 Å².